The molecule has 0 unspecified atom stereocenters. The number of aliphatic hydroxyl groups is 1. The van der Waals surface area contributed by atoms with E-state index in [9.17, 15) is 26.3 Å². The lowest BCUT2D eigenvalue weighted by Gasteiger charge is -2.18. The van der Waals surface area contributed by atoms with E-state index in [4.69, 9.17) is 5.11 Å². The number of hydrogen-bond donors (Lipinski definition) is 1. The fraction of sp³-hybridized carbons (Fsp3) is 0.400. The molecular formula is C10H8F6O. The van der Waals surface area contributed by atoms with E-state index in [-0.39, 0.29) is 0 Å². The molecule has 0 fully saturated rings. The predicted octanol–water partition coefficient (Wildman–Crippen LogP) is 3.32. The van der Waals surface area contributed by atoms with Crippen LogP contribution in [0.2, 0.25) is 0 Å². The Bertz CT molecular complexity index is 398. The molecule has 0 aliphatic heterocycles. The summed E-state index contributed by atoms with van der Waals surface area (Å²) in [4.78, 5) is 0. The average Bonchev–Trinajstić information content (AvgIpc) is 2.15. The van der Waals surface area contributed by atoms with Crippen molar-refractivity contribution in [2.24, 2.45) is 0 Å². The maximum atomic E-state index is 13.3. The van der Waals surface area contributed by atoms with Crippen LogP contribution in [-0.2, 0) is 12.1 Å². The van der Waals surface area contributed by atoms with Gasteiger partial charge in [-0.25, -0.2) is 13.2 Å². The van der Waals surface area contributed by atoms with Gasteiger partial charge in [0.05, 0.1) is 11.1 Å². The molecule has 1 rings (SSSR count). The van der Waals surface area contributed by atoms with Gasteiger partial charge in [-0.1, -0.05) is 12.1 Å². The summed E-state index contributed by atoms with van der Waals surface area (Å²) >= 11 is 0. The molecule has 0 aliphatic rings. The quantitative estimate of drug-likeness (QED) is 0.824. The molecule has 0 saturated heterocycles. The number of benzene rings is 1. The van der Waals surface area contributed by atoms with E-state index in [1.54, 1.807) is 0 Å². The third-order valence-corrected chi connectivity index (χ3v) is 2.12. The normalized spacial score (nSPS) is 12.9. The molecule has 7 heteroatoms. The van der Waals surface area contributed by atoms with Gasteiger partial charge in [-0.05, 0) is 6.07 Å². The fourth-order valence-corrected chi connectivity index (χ4v) is 1.31. The van der Waals surface area contributed by atoms with Gasteiger partial charge in [-0.3, -0.25) is 0 Å². The molecule has 1 aromatic carbocycles. The molecule has 0 radical (unpaired) electrons. The third-order valence-electron chi connectivity index (χ3n) is 2.12. The molecule has 1 nitrogen and oxygen atoms in total. The molecule has 17 heavy (non-hydrogen) atoms. The SMILES string of the molecule is OCCC(F)(F)c1cccc(C(F)(F)F)c1F. The van der Waals surface area contributed by atoms with Gasteiger partial charge in [0.25, 0.3) is 5.92 Å². The van der Waals surface area contributed by atoms with E-state index in [1.807, 2.05) is 0 Å². The first-order valence-electron chi connectivity index (χ1n) is 4.55. The van der Waals surface area contributed by atoms with Crippen LogP contribution in [0.1, 0.15) is 17.5 Å². The van der Waals surface area contributed by atoms with E-state index in [1.165, 1.54) is 0 Å². The van der Waals surface area contributed by atoms with Crippen molar-refractivity contribution < 1.29 is 31.4 Å². The van der Waals surface area contributed by atoms with E-state index in [0.29, 0.717) is 18.2 Å². The Labute approximate surface area is 92.7 Å². The summed E-state index contributed by atoms with van der Waals surface area (Å²) in [6.07, 6.45) is -6.17. The van der Waals surface area contributed by atoms with Crippen LogP contribution in [0.3, 0.4) is 0 Å². The van der Waals surface area contributed by atoms with Crippen molar-refractivity contribution in [1.82, 2.24) is 0 Å². The van der Waals surface area contributed by atoms with Crippen LogP contribution in [0.15, 0.2) is 18.2 Å². The molecule has 0 aromatic heterocycles. The Kier molecular flexibility index (Phi) is 3.71. The van der Waals surface area contributed by atoms with Crippen molar-refractivity contribution in [3.63, 3.8) is 0 Å². The second kappa shape index (κ2) is 4.56. The zero-order valence-corrected chi connectivity index (χ0v) is 8.36. The van der Waals surface area contributed by atoms with E-state index >= 15 is 0 Å². The summed E-state index contributed by atoms with van der Waals surface area (Å²) in [5.41, 5.74) is -3.10. The molecule has 0 amide bonds. The highest BCUT2D eigenvalue weighted by Crippen LogP contribution is 2.38. The van der Waals surface area contributed by atoms with Gasteiger partial charge in [0.15, 0.2) is 0 Å². The number of aliphatic hydroxyl groups excluding tert-OH is 1. The lowest BCUT2D eigenvalue weighted by molar-refractivity contribution is -0.140. The van der Waals surface area contributed by atoms with Crippen molar-refractivity contribution in [3.05, 3.63) is 35.1 Å². The van der Waals surface area contributed by atoms with Gasteiger partial charge in [0.1, 0.15) is 5.82 Å². The molecule has 0 bridgehead atoms. The lowest BCUT2D eigenvalue weighted by atomic mass is 10.0. The van der Waals surface area contributed by atoms with Gasteiger partial charge in [-0.2, -0.15) is 13.2 Å². The van der Waals surface area contributed by atoms with Gasteiger partial charge >= 0.3 is 6.18 Å². The smallest absolute Gasteiger partial charge is 0.396 e. The first-order valence-corrected chi connectivity index (χ1v) is 4.55. The maximum absolute atomic E-state index is 13.3. The molecule has 0 spiro atoms. The number of alkyl halides is 5. The van der Waals surface area contributed by atoms with Crippen LogP contribution in [0.4, 0.5) is 26.3 Å². The van der Waals surface area contributed by atoms with Crippen LogP contribution in [0.25, 0.3) is 0 Å². The van der Waals surface area contributed by atoms with Crippen LogP contribution < -0.4 is 0 Å². The van der Waals surface area contributed by atoms with Crippen molar-refractivity contribution in [2.75, 3.05) is 6.61 Å². The fourth-order valence-electron chi connectivity index (χ4n) is 1.31. The van der Waals surface area contributed by atoms with Crippen LogP contribution >= 0.6 is 0 Å². The summed E-state index contributed by atoms with van der Waals surface area (Å²) in [5, 5.41) is 8.36. The molecule has 0 saturated carbocycles. The second-order valence-electron chi connectivity index (χ2n) is 3.34. The largest absolute Gasteiger partial charge is 0.419 e. The lowest BCUT2D eigenvalue weighted by Crippen LogP contribution is -2.20. The van der Waals surface area contributed by atoms with E-state index in [2.05, 4.69) is 0 Å². The minimum atomic E-state index is -5.03. The Morgan fingerprint density at radius 2 is 1.53 bits per heavy atom. The van der Waals surface area contributed by atoms with E-state index < -0.39 is 42.1 Å². The molecule has 1 aromatic rings. The Morgan fingerprint density at radius 1 is 1.00 bits per heavy atom. The first kappa shape index (κ1) is 13.8. The van der Waals surface area contributed by atoms with Gasteiger partial charge in [0.2, 0.25) is 0 Å². The van der Waals surface area contributed by atoms with E-state index in [0.717, 1.165) is 0 Å². The highest BCUT2D eigenvalue weighted by atomic mass is 19.4. The van der Waals surface area contributed by atoms with Crippen molar-refractivity contribution in [3.8, 4) is 0 Å². The minimum Gasteiger partial charge on any atom is -0.396 e. The summed E-state index contributed by atoms with van der Waals surface area (Å²) in [7, 11) is 0. The Morgan fingerprint density at radius 3 is 2.00 bits per heavy atom. The molecule has 0 atom stereocenters. The molecular weight excluding hydrogens is 250 g/mol. The van der Waals surface area contributed by atoms with Gasteiger partial charge < -0.3 is 5.11 Å². The Hall–Kier alpha value is -1.24. The maximum Gasteiger partial charge on any atom is 0.419 e. The minimum absolute atomic E-state index is 0.383. The third kappa shape index (κ3) is 2.91. The highest BCUT2D eigenvalue weighted by molar-refractivity contribution is 5.31. The standard InChI is InChI=1S/C10H8F6O/c11-8-6(9(12,13)4-5-17)2-1-3-7(8)10(14,15)16/h1-3,17H,4-5H2. The highest BCUT2D eigenvalue weighted by Gasteiger charge is 2.40. The summed E-state index contributed by atoms with van der Waals surface area (Å²) < 4.78 is 76.5. The second-order valence-corrected chi connectivity index (χ2v) is 3.34. The summed E-state index contributed by atoms with van der Waals surface area (Å²) in [6.45, 7) is -0.956. The van der Waals surface area contributed by atoms with Crippen LogP contribution in [0.5, 0.6) is 0 Å². The zero-order valence-electron chi connectivity index (χ0n) is 8.36. The monoisotopic (exact) mass is 258 g/mol. The molecule has 96 valence electrons. The van der Waals surface area contributed by atoms with Gasteiger partial charge in [-0.15, -0.1) is 0 Å². The van der Waals surface area contributed by atoms with Crippen LogP contribution in [0, 0.1) is 5.82 Å². The molecule has 0 aliphatic carbocycles. The van der Waals surface area contributed by atoms with Gasteiger partial charge in [0, 0.05) is 13.0 Å². The van der Waals surface area contributed by atoms with Crippen molar-refractivity contribution in [2.45, 2.75) is 18.5 Å². The first-order chi connectivity index (χ1) is 7.70. The van der Waals surface area contributed by atoms with Crippen molar-refractivity contribution in [1.29, 1.82) is 0 Å². The Balaban J connectivity index is 3.29. The number of hydrogen-bond acceptors (Lipinski definition) is 1. The topological polar surface area (TPSA) is 20.2 Å². The van der Waals surface area contributed by atoms with Crippen molar-refractivity contribution >= 4 is 0 Å². The predicted molar refractivity (Wildman–Crippen MR) is 47.0 cm³/mol. The average molecular weight is 258 g/mol. The summed E-state index contributed by atoms with van der Waals surface area (Å²) in [6, 6.07) is 1.65. The summed E-state index contributed by atoms with van der Waals surface area (Å²) in [5.74, 6) is -5.83. The number of halogens is 6. The number of rotatable bonds is 3. The molecule has 0 heterocycles. The zero-order chi connectivity index (χ0) is 13.3. The van der Waals surface area contributed by atoms with Crippen LogP contribution in [-0.4, -0.2) is 11.7 Å². The molecule has 1 N–H and O–H groups in total.